The van der Waals surface area contributed by atoms with Crippen LogP contribution < -0.4 is 10.1 Å². The van der Waals surface area contributed by atoms with Crippen LogP contribution in [0.5, 0.6) is 5.75 Å². The molecular formula is C12H17Br2NO2. The number of methoxy groups -OCH3 is 1. The molecule has 0 amide bonds. The summed E-state index contributed by atoms with van der Waals surface area (Å²) in [5.74, 6) is 0.841. The van der Waals surface area contributed by atoms with E-state index in [4.69, 9.17) is 9.47 Å². The van der Waals surface area contributed by atoms with Crippen molar-refractivity contribution in [1.82, 2.24) is 5.32 Å². The van der Waals surface area contributed by atoms with Crippen LogP contribution in [-0.4, -0.2) is 32.9 Å². The van der Waals surface area contributed by atoms with Gasteiger partial charge in [0, 0.05) is 19.7 Å². The first-order chi connectivity index (χ1) is 8.15. The molecule has 1 N–H and O–H groups in total. The Bertz CT molecular complexity index is 327. The van der Waals surface area contributed by atoms with Crippen molar-refractivity contribution in [1.29, 1.82) is 0 Å². The summed E-state index contributed by atoms with van der Waals surface area (Å²) in [6, 6.07) is 6.22. The Morgan fingerprint density at radius 3 is 2.53 bits per heavy atom. The summed E-state index contributed by atoms with van der Waals surface area (Å²) >= 11 is 6.92. The molecule has 1 rings (SSSR count). The van der Waals surface area contributed by atoms with Crippen molar-refractivity contribution in [2.45, 2.75) is 13.0 Å². The number of para-hydroxylation sites is 1. The van der Waals surface area contributed by atoms with Crippen LogP contribution >= 0.6 is 31.9 Å². The minimum Gasteiger partial charge on any atom is -0.490 e. The predicted molar refractivity (Wildman–Crippen MR) is 76.7 cm³/mol. The Hall–Kier alpha value is -0.100. The largest absolute Gasteiger partial charge is 0.490 e. The smallest absolute Gasteiger partial charge is 0.147 e. The Morgan fingerprint density at radius 1 is 1.29 bits per heavy atom. The van der Waals surface area contributed by atoms with Gasteiger partial charge in [-0.2, -0.15) is 0 Å². The van der Waals surface area contributed by atoms with E-state index in [1.165, 1.54) is 0 Å². The van der Waals surface area contributed by atoms with E-state index in [0.717, 1.165) is 21.2 Å². The van der Waals surface area contributed by atoms with Crippen LogP contribution in [0.1, 0.15) is 6.92 Å². The molecule has 0 fully saturated rings. The van der Waals surface area contributed by atoms with Gasteiger partial charge >= 0.3 is 0 Å². The van der Waals surface area contributed by atoms with Crippen molar-refractivity contribution >= 4 is 31.9 Å². The van der Waals surface area contributed by atoms with E-state index >= 15 is 0 Å². The third-order valence-corrected chi connectivity index (χ3v) is 3.43. The number of halogens is 2. The summed E-state index contributed by atoms with van der Waals surface area (Å²) < 4.78 is 12.6. The summed E-state index contributed by atoms with van der Waals surface area (Å²) in [5.41, 5.74) is 0. The molecule has 0 aromatic heterocycles. The fraction of sp³-hybridized carbons (Fsp3) is 0.500. The van der Waals surface area contributed by atoms with Crippen LogP contribution in [-0.2, 0) is 4.74 Å². The zero-order valence-electron chi connectivity index (χ0n) is 10.0. The van der Waals surface area contributed by atoms with Crippen LogP contribution in [0.15, 0.2) is 27.1 Å². The number of hydrogen-bond donors (Lipinski definition) is 1. The Morgan fingerprint density at radius 2 is 1.94 bits per heavy atom. The lowest BCUT2D eigenvalue weighted by Gasteiger charge is -2.14. The van der Waals surface area contributed by atoms with Gasteiger partial charge in [-0.3, -0.25) is 0 Å². The summed E-state index contributed by atoms with van der Waals surface area (Å²) in [5, 5.41) is 3.31. The average Bonchev–Trinajstić information content (AvgIpc) is 2.28. The Balaban J connectivity index is 2.31. The second-order valence-corrected chi connectivity index (χ2v) is 5.42. The molecule has 1 unspecified atom stereocenters. The van der Waals surface area contributed by atoms with Crippen LogP contribution in [0.2, 0.25) is 0 Å². The van der Waals surface area contributed by atoms with E-state index in [1.54, 1.807) is 7.11 Å². The highest BCUT2D eigenvalue weighted by Crippen LogP contribution is 2.32. The van der Waals surface area contributed by atoms with Gasteiger partial charge in [-0.15, -0.1) is 0 Å². The SMILES string of the molecule is COCC(C)NCCOc1c(Br)cccc1Br. The first-order valence-electron chi connectivity index (χ1n) is 5.44. The molecule has 96 valence electrons. The fourth-order valence-corrected chi connectivity index (χ4v) is 2.62. The Labute approximate surface area is 119 Å². The van der Waals surface area contributed by atoms with Crippen LogP contribution in [0.3, 0.4) is 0 Å². The van der Waals surface area contributed by atoms with E-state index in [-0.39, 0.29) is 0 Å². The lowest BCUT2D eigenvalue weighted by molar-refractivity contribution is 0.169. The lowest BCUT2D eigenvalue weighted by atomic mass is 10.3. The molecule has 1 aromatic rings. The van der Waals surface area contributed by atoms with E-state index in [1.807, 2.05) is 18.2 Å². The summed E-state index contributed by atoms with van der Waals surface area (Å²) in [4.78, 5) is 0. The monoisotopic (exact) mass is 365 g/mol. The topological polar surface area (TPSA) is 30.5 Å². The number of hydrogen-bond acceptors (Lipinski definition) is 3. The van der Waals surface area contributed by atoms with Crippen LogP contribution in [0.25, 0.3) is 0 Å². The van der Waals surface area contributed by atoms with E-state index in [9.17, 15) is 0 Å². The van der Waals surface area contributed by atoms with Gasteiger partial charge in [0.2, 0.25) is 0 Å². The molecule has 1 aromatic carbocycles. The van der Waals surface area contributed by atoms with Crippen molar-refractivity contribution in [3.05, 3.63) is 27.1 Å². The zero-order chi connectivity index (χ0) is 12.7. The lowest BCUT2D eigenvalue weighted by Crippen LogP contribution is -2.33. The van der Waals surface area contributed by atoms with Gasteiger partial charge in [0.05, 0.1) is 15.6 Å². The van der Waals surface area contributed by atoms with Crippen molar-refractivity contribution in [3.8, 4) is 5.75 Å². The molecule has 0 radical (unpaired) electrons. The molecule has 5 heteroatoms. The highest BCUT2D eigenvalue weighted by Gasteiger charge is 2.05. The molecule has 0 bridgehead atoms. The minimum absolute atomic E-state index is 0.339. The van der Waals surface area contributed by atoms with Gasteiger partial charge in [-0.25, -0.2) is 0 Å². The molecule has 0 heterocycles. The highest BCUT2D eigenvalue weighted by atomic mass is 79.9. The fourth-order valence-electron chi connectivity index (χ4n) is 1.39. The summed E-state index contributed by atoms with van der Waals surface area (Å²) in [6.45, 7) is 4.20. The normalized spacial score (nSPS) is 12.5. The van der Waals surface area contributed by atoms with Crippen molar-refractivity contribution in [3.63, 3.8) is 0 Å². The standard InChI is InChI=1S/C12H17Br2NO2/c1-9(8-16-2)15-6-7-17-12-10(13)4-3-5-11(12)14/h3-5,9,15H,6-8H2,1-2H3. The van der Waals surface area contributed by atoms with Gasteiger partial charge < -0.3 is 14.8 Å². The average molecular weight is 367 g/mol. The zero-order valence-corrected chi connectivity index (χ0v) is 13.2. The Kier molecular flexibility index (Phi) is 7.11. The second-order valence-electron chi connectivity index (χ2n) is 3.71. The summed E-state index contributed by atoms with van der Waals surface area (Å²) in [7, 11) is 1.70. The maximum Gasteiger partial charge on any atom is 0.147 e. The first kappa shape index (κ1) is 15.0. The van der Waals surface area contributed by atoms with Crippen molar-refractivity contribution in [2.75, 3.05) is 26.9 Å². The number of ether oxygens (including phenoxy) is 2. The van der Waals surface area contributed by atoms with E-state index < -0.39 is 0 Å². The molecule has 0 aliphatic rings. The first-order valence-corrected chi connectivity index (χ1v) is 7.03. The van der Waals surface area contributed by atoms with Crippen molar-refractivity contribution < 1.29 is 9.47 Å². The van der Waals surface area contributed by atoms with Gasteiger partial charge in [0.25, 0.3) is 0 Å². The quantitative estimate of drug-likeness (QED) is 0.751. The maximum atomic E-state index is 5.70. The molecule has 0 aliphatic heterocycles. The molecule has 0 spiro atoms. The second kappa shape index (κ2) is 8.08. The highest BCUT2D eigenvalue weighted by molar-refractivity contribution is 9.11. The van der Waals surface area contributed by atoms with Gasteiger partial charge in [-0.1, -0.05) is 6.07 Å². The molecule has 0 saturated heterocycles. The third kappa shape index (κ3) is 5.38. The number of benzene rings is 1. The molecular weight excluding hydrogens is 350 g/mol. The maximum absolute atomic E-state index is 5.70. The van der Waals surface area contributed by atoms with Gasteiger partial charge in [0.1, 0.15) is 12.4 Å². The van der Waals surface area contributed by atoms with Crippen LogP contribution in [0.4, 0.5) is 0 Å². The van der Waals surface area contributed by atoms with E-state index in [0.29, 0.717) is 19.3 Å². The number of rotatable bonds is 7. The van der Waals surface area contributed by atoms with Gasteiger partial charge in [-0.05, 0) is 50.9 Å². The number of nitrogens with one attached hydrogen (secondary N) is 1. The van der Waals surface area contributed by atoms with Gasteiger partial charge in [0.15, 0.2) is 0 Å². The van der Waals surface area contributed by atoms with Crippen molar-refractivity contribution in [2.24, 2.45) is 0 Å². The summed E-state index contributed by atoms with van der Waals surface area (Å²) in [6.07, 6.45) is 0. The third-order valence-electron chi connectivity index (χ3n) is 2.18. The molecule has 0 saturated carbocycles. The van der Waals surface area contributed by atoms with Crippen LogP contribution in [0, 0.1) is 0 Å². The molecule has 17 heavy (non-hydrogen) atoms. The van der Waals surface area contributed by atoms with E-state index in [2.05, 4.69) is 44.1 Å². The predicted octanol–water partition coefficient (Wildman–Crippen LogP) is 3.21. The minimum atomic E-state index is 0.339. The molecule has 1 atom stereocenters. The molecule has 0 aliphatic carbocycles. The molecule has 3 nitrogen and oxygen atoms in total.